The number of hydrogen-bond acceptors (Lipinski definition) is 4. The molecule has 1 aromatic rings. The summed E-state index contributed by atoms with van der Waals surface area (Å²) in [6.45, 7) is 9.02. The Balaban J connectivity index is 2.43. The molecule has 0 saturated heterocycles. The molecule has 1 atom stereocenters. The molecule has 0 aliphatic carbocycles. The van der Waals surface area contributed by atoms with Crippen LogP contribution in [0.5, 0.6) is 0 Å². The number of aromatic nitrogens is 1. The van der Waals surface area contributed by atoms with Crippen molar-refractivity contribution in [1.82, 2.24) is 4.98 Å². The molecule has 1 aromatic heterocycles. The van der Waals surface area contributed by atoms with Crippen molar-refractivity contribution in [1.29, 1.82) is 0 Å². The molecule has 19 heavy (non-hydrogen) atoms. The molecule has 0 fully saturated rings. The molecule has 0 spiro atoms. The van der Waals surface area contributed by atoms with Crippen molar-refractivity contribution < 1.29 is 9.21 Å². The molecule has 0 aliphatic heterocycles. The van der Waals surface area contributed by atoms with Crippen LogP contribution in [0.1, 0.15) is 45.7 Å². The quantitative estimate of drug-likeness (QED) is 0.830. The van der Waals surface area contributed by atoms with E-state index in [1.54, 1.807) is 0 Å². The van der Waals surface area contributed by atoms with E-state index in [1.807, 2.05) is 6.92 Å². The summed E-state index contributed by atoms with van der Waals surface area (Å²) >= 11 is 0. The van der Waals surface area contributed by atoms with Gasteiger partial charge in [-0.3, -0.25) is 10.1 Å². The predicted octanol–water partition coefficient (Wildman–Crippen LogP) is 2.71. The van der Waals surface area contributed by atoms with E-state index >= 15 is 0 Å². The Morgan fingerprint density at radius 1 is 1.47 bits per heavy atom. The number of oxazole rings is 1. The molecular formula is C14H25N3O2. The lowest BCUT2D eigenvalue weighted by Crippen LogP contribution is -2.25. The molecule has 108 valence electrons. The minimum Gasteiger partial charge on any atom is -0.432 e. The lowest BCUT2D eigenvalue weighted by molar-refractivity contribution is -0.116. The van der Waals surface area contributed by atoms with Gasteiger partial charge in [-0.25, -0.2) is 0 Å². The topological polar surface area (TPSA) is 81.2 Å². The Morgan fingerprint density at radius 3 is 2.63 bits per heavy atom. The number of nitrogens with two attached hydrogens (primary N) is 1. The van der Waals surface area contributed by atoms with Crippen LogP contribution < -0.4 is 11.1 Å². The maximum absolute atomic E-state index is 11.8. The summed E-state index contributed by atoms with van der Waals surface area (Å²) in [4.78, 5) is 15.9. The molecule has 1 rings (SSSR count). The third-order valence-electron chi connectivity index (χ3n) is 3.33. The summed E-state index contributed by atoms with van der Waals surface area (Å²) in [5, 5.41) is 2.66. The molecule has 1 unspecified atom stereocenters. The van der Waals surface area contributed by atoms with Gasteiger partial charge in [-0.05, 0) is 37.6 Å². The first-order valence-electron chi connectivity index (χ1n) is 6.75. The number of rotatable bonds is 6. The van der Waals surface area contributed by atoms with Crippen LogP contribution in [-0.2, 0) is 4.79 Å². The Morgan fingerprint density at radius 2 is 2.16 bits per heavy atom. The van der Waals surface area contributed by atoms with E-state index in [9.17, 15) is 4.79 Å². The van der Waals surface area contributed by atoms with E-state index < -0.39 is 0 Å². The van der Waals surface area contributed by atoms with Crippen LogP contribution in [0.3, 0.4) is 0 Å². The minimum absolute atomic E-state index is 0.0619. The average Bonchev–Trinajstić information content (AvgIpc) is 2.68. The molecule has 0 saturated carbocycles. The number of carbonyl (C=O) groups excluding carboxylic acids is 1. The van der Waals surface area contributed by atoms with Crippen LogP contribution >= 0.6 is 0 Å². The van der Waals surface area contributed by atoms with Crippen LogP contribution in [0.2, 0.25) is 0 Å². The van der Waals surface area contributed by atoms with Crippen molar-refractivity contribution in [3.63, 3.8) is 0 Å². The summed E-state index contributed by atoms with van der Waals surface area (Å²) in [5.74, 6) is 0.377. The van der Waals surface area contributed by atoms with Crippen LogP contribution in [0.25, 0.3) is 0 Å². The van der Waals surface area contributed by atoms with Crippen molar-refractivity contribution in [2.75, 3.05) is 11.9 Å². The third kappa shape index (κ3) is 5.42. The van der Waals surface area contributed by atoms with Crippen LogP contribution in [0.15, 0.2) is 10.7 Å². The van der Waals surface area contributed by atoms with Gasteiger partial charge < -0.3 is 10.2 Å². The lowest BCUT2D eigenvalue weighted by atomic mass is 9.76. The van der Waals surface area contributed by atoms with Crippen molar-refractivity contribution >= 4 is 11.9 Å². The summed E-state index contributed by atoms with van der Waals surface area (Å²) in [5.41, 5.74) is 6.55. The van der Waals surface area contributed by atoms with Crippen molar-refractivity contribution in [2.24, 2.45) is 17.1 Å². The molecule has 0 bridgehead atoms. The summed E-state index contributed by atoms with van der Waals surface area (Å²) in [6.07, 6.45) is 3.74. The summed E-state index contributed by atoms with van der Waals surface area (Å²) < 4.78 is 5.09. The van der Waals surface area contributed by atoms with Crippen molar-refractivity contribution in [3.8, 4) is 0 Å². The summed E-state index contributed by atoms with van der Waals surface area (Å²) in [6, 6.07) is 0.272. The fourth-order valence-corrected chi connectivity index (χ4v) is 2.11. The van der Waals surface area contributed by atoms with Gasteiger partial charge in [0.2, 0.25) is 5.91 Å². The van der Waals surface area contributed by atoms with Crippen LogP contribution in [-0.4, -0.2) is 17.4 Å². The van der Waals surface area contributed by atoms with E-state index in [4.69, 9.17) is 10.2 Å². The highest BCUT2D eigenvalue weighted by Gasteiger charge is 2.24. The van der Waals surface area contributed by atoms with E-state index in [0.29, 0.717) is 18.9 Å². The van der Waals surface area contributed by atoms with E-state index in [2.05, 4.69) is 31.1 Å². The number of hydrogen-bond donors (Lipinski definition) is 2. The normalized spacial score (nSPS) is 13.3. The van der Waals surface area contributed by atoms with Gasteiger partial charge in [0.1, 0.15) is 6.26 Å². The highest BCUT2D eigenvalue weighted by Crippen LogP contribution is 2.32. The zero-order valence-electron chi connectivity index (χ0n) is 12.3. The number of carbonyl (C=O) groups is 1. The third-order valence-corrected chi connectivity index (χ3v) is 3.33. The zero-order valence-corrected chi connectivity index (χ0v) is 12.3. The molecule has 0 aliphatic rings. The van der Waals surface area contributed by atoms with Gasteiger partial charge in [-0.2, -0.15) is 4.98 Å². The van der Waals surface area contributed by atoms with Crippen LogP contribution in [0.4, 0.5) is 6.01 Å². The minimum atomic E-state index is -0.0619. The highest BCUT2D eigenvalue weighted by atomic mass is 16.4. The van der Waals surface area contributed by atoms with E-state index in [1.165, 1.54) is 6.26 Å². The lowest BCUT2D eigenvalue weighted by Gasteiger charge is -2.30. The Labute approximate surface area is 115 Å². The molecule has 5 heteroatoms. The van der Waals surface area contributed by atoms with Gasteiger partial charge in [0, 0.05) is 6.42 Å². The number of anilines is 1. The van der Waals surface area contributed by atoms with Crippen LogP contribution in [0, 0.1) is 18.3 Å². The molecular weight excluding hydrogens is 242 g/mol. The van der Waals surface area contributed by atoms with E-state index in [0.717, 1.165) is 18.5 Å². The summed E-state index contributed by atoms with van der Waals surface area (Å²) in [7, 11) is 0. The first-order valence-corrected chi connectivity index (χ1v) is 6.75. The number of amides is 1. The second kappa shape index (κ2) is 6.70. The Bertz CT molecular complexity index is 407. The molecule has 5 nitrogen and oxygen atoms in total. The fourth-order valence-electron chi connectivity index (χ4n) is 2.11. The molecule has 1 heterocycles. The van der Waals surface area contributed by atoms with Gasteiger partial charge in [0.25, 0.3) is 0 Å². The number of nitrogens with zero attached hydrogens (tertiary/aromatic N) is 1. The standard InChI is InChI=1S/C14H25N3O2/c1-10-9-19-13(16-10)17-12(18)6-5-11(7-8-15)14(2,3)4/h9,11H,5-8,15H2,1-4H3,(H,16,17,18). The fraction of sp³-hybridized carbons (Fsp3) is 0.714. The SMILES string of the molecule is Cc1coc(NC(=O)CCC(CCN)C(C)(C)C)n1. The predicted molar refractivity (Wildman–Crippen MR) is 75.7 cm³/mol. The van der Waals surface area contributed by atoms with Crippen molar-refractivity contribution in [3.05, 3.63) is 12.0 Å². The second-order valence-corrected chi connectivity index (χ2v) is 6.02. The van der Waals surface area contributed by atoms with Gasteiger partial charge in [-0.15, -0.1) is 0 Å². The maximum Gasteiger partial charge on any atom is 0.301 e. The number of aryl methyl sites for hydroxylation is 1. The first-order chi connectivity index (χ1) is 8.82. The van der Waals surface area contributed by atoms with Gasteiger partial charge in [0.15, 0.2) is 0 Å². The Kier molecular flexibility index (Phi) is 5.54. The van der Waals surface area contributed by atoms with E-state index in [-0.39, 0.29) is 17.3 Å². The van der Waals surface area contributed by atoms with Gasteiger partial charge in [0.05, 0.1) is 5.69 Å². The first kappa shape index (κ1) is 15.7. The van der Waals surface area contributed by atoms with Gasteiger partial charge in [-0.1, -0.05) is 20.8 Å². The average molecular weight is 267 g/mol. The monoisotopic (exact) mass is 267 g/mol. The Hall–Kier alpha value is -1.36. The molecule has 0 aromatic carbocycles. The molecule has 0 radical (unpaired) electrons. The molecule has 3 N–H and O–H groups in total. The van der Waals surface area contributed by atoms with Crippen molar-refractivity contribution in [2.45, 2.75) is 47.0 Å². The second-order valence-electron chi connectivity index (χ2n) is 6.02. The van der Waals surface area contributed by atoms with Gasteiger partial charge >= 0.3 is 6.01 Å². The zero-order chi connectivity index (χ0) is 14.5. The molecule has 1 amide bonds. The highest BCUT2D eigenvalue weighted by molar-refractivity contribution is 5.88. The number of nitrogens with one attached hydrogen (secondary N) is 1. The maximum atomic E-state index is 11.8. The smallest absolute Gasteiger partial charge is 0.301 e. The largest absolute Gasteiger partial charge is 0.432 e.